The van der Waals surface area contributed by atoms with Gasteiger partial charge in [-0.05, 0) is 43.7 Å². The first-order valence-electron chi connectivity index (χ1n) is 6.86. The molecule has 0 amide bonds. The van der Waals surface area contributed by atoms with Crippen molar-refractivity contribution >= 4 is 17.3 Å². The molecule has 0 spiro atoms. The van der Waals surface area contributed by atoms with Gasteiger partial charge >= 0.3 is 5.97 Å². The molecule has 0 saturated heterocycles. The minimum absolute atomic E-state index is 0.185. The molecule has 0 aliphatic carbocycles. The zero-order valence-electron chi connectivity index (χ0n) is 11.6. The topological polar surface area (TPSA) is 57.0 Å². The van der Waals surface area contributed by atoms with Crippen molar-refractivity contribution in [3.63, 3.8) is 0 Å². The van der Waals surface area contributed by atoms with Crippen molar-refractivity contribution < 1.29 is 9.53 Å². The Labute approximate surface area is 121 Å². The van der Waals surface area contributed by atoms with Gasteiger partial charge in [0, 0.05) is 6.54 Å². The van der Waals surface area contributed by atoms with Gasteiger partial charge < -0.3 is 9.30 Å². The van der Waals surface area contributed by atoms with Crippen molar-refractivity contribution in [2.45, 2.75) is 39.2 Å². The monoisotopic (exact) mass is 291 g/mol. The summed E-state index contributed by atoms with van der Waals surface area (Å²) in [6.07, 6.45) is 1.74. The second kappa shape index (κ2) is 5.36. The van der Waals surface area contributed by atoms with Gasteiger partial charge in [-0.3, -0.25) is 4.79 Å². The van der Waals surface area contributed by atoms with Crippen LogP contribution in [-0.2, 0) is 16.1 Å². The van der Waals surface area contributed by atoms with Crippen LogP contribution < -0.4 is 0 Å². The standard InChI is InChI=1S/C14H17N3O2S/c1-3-19-14(18)10-5-4-6-17-12(10)15-16-13(17)11-7-9(2)8-20-11/h7-8,10H,3-6H2,1-2H3. The Morgan fingerprint density at radius 3 is 3.10 bits per heavy atom. The number of rotatable bonds is 3. The molecule has 1 aliphatic heterocycles. The minimum Gasteiger partial charge on any atom is -0.465 e. The van der Waals surface area contributed by atoms with Crippen LogP contribution in [-0.4, -0.2) is 27.3 Å². The predicted octanol–water partition coefficient (Wildman–Crippen LogP) is 2.76. The van der Waals surface area contributed by atoms with Gasteiger partial charge in [-0.1, -0.05) is 0 Å². The zero-order chi connectivity index (χ0) is 14.1. The molecule has 2 aromatic heterocycles. The molecule has 3 heterocycles. The molecule has 20 heavy (non-hydrogen) atoms. The van der Waals surface area contributed by atoms with Crippen molar-refractivity contribution in [3.8, 4) is 10.7 Å². The average molecular weight is 291 g/mol. The fourth-order valence-corrected chi connectivity index (χ4v) is 3.46. The Balaban J connectivity index is 1.97. The SMILES string of the molecule is CCOC(=O)C1CCCn2c(-c3cc(C)cs3)nnc21. The van der Waals surface area contributed by atoms with Gasteiger partial charge in [0.05, 0.1) is 11.5 Å². The maximum atomic E-state index is 12.0. The molecule has 0 fully saturated rings. The molecule has 0 aromatic carbocycles. The molecule has 1 atom stereocenters. The molecule has 0 bridgehead atoms. The normalized spacial score (nSPS) is 17.8. The molecule has 1 aliphatic rings. The van der Waals surface area contributed by atoms with E-state index in [0.717, 1.165) is 35.9 Å². The molecule has 0 saturated carbocycles. The summed E-state index contributed by atoms with van der Waals surface area (Å²) in [6.45, 7) is 5.16. The number of carbonyl (C=O) groups is 1. The summed E-state index contributed by atoms with van der Waals surface area (Å²) in [5, 5.41) is 10.6. The lowest BCUT2D eigenvalue weighted by Gasteiger charge is -2.21. The molecule has 0 N–H and O–H groups in total. The van der Waals surface area contributed by atoms with Crippen LogP contribution in [0.25, 0.3) is 10.7 Å². The molecule has 0 radical (unpaired) electrons. The van der Waals surface area contributed by atoms with Gasteiger partial charge in [0.15, 0.2) is 5.82 Å². The Morgan fingerprint density at radius 1 is 1.55 bits per heavy atom. The highest BCUT2D eigenvalue weighted by molar-refractivity contribution is 7.13. The van der Waals surface area contributed by atoms with Crippen LogP contribution in [0.1, 0.15) is 37.1 Å². The number of hydrogen-bond donors (Lipinski definition) is 0. The van der Waals surface area contributed by atoms with Crippen molar-refractivity contribution in [2.24, 2.45) is 0 Å². The van der Waals surface area contributed by atoms with Gasteiger partial charge in [-0.25, -0.2) is 0 Å². The van der Waals surface area contributed by atoms with Crippen molar-refractivity contribution in [3.05, 3.63) is 22.8 Å². The van der Waals surface area contributed by atoms with Gasteiger partial charge in [-0.15, -0.1) is 21.5 Å². The highest BCUT2D eigenvalue weighted by Gasteiger charge is 2.32. The lowest BCUT2D eigenvalue weighted by Crippen LogP contribution is -2.24. The average Bonchev–Trinajstić information content (AvgIpc) is 3.04. The molecular formula is C14H17N3O2S. The van der Waals surface area contributed by atoms with Crippen LogP contribution in [0.15, 0.2) is 11.4 Å². The smallest absolute Gasteiger partial charge is 0.316 e. The summed E-state index contributed by atoms with van der Waals surface area (Å²) < 4.78 is 7.21. The Kier molecular flexibility index (Phi) is 3.56. The number of aromatic nitrogens is 3. The highest BCUT2D eigenvalue weighted by atomic mass is 32.1. The number of thiophene rings is 1. The number of ether oxygens (including phenoxy) is 1. The summed E-state index contributed by atoms with van der Waals surface area (Å²) in [7, 11) is 0. The van der Waals surface area contributed by atoms with E-state index in [0.29, 0.717) is 6.61 Å². The highest BCUT2D eigenvalue weighted by Crippen LogP contribution is 2.33. The van der Waals surface area contributed by atoms with E-state index in [1.165, 1.54) is 5.56 Å². The fraction of sp³-hybridized carbons (Fsp3) is 0.500. The van der Waals surface area contributed by atoms with Gasteiger partial charge in [-0.2, -0.15) is 0 Å². The number of nitrogens with zero attached hydrogens (tertiary/aromatic N) is 3. The van der Waals surface area contributed by atoms with Crippen molar-refractivity contribution in [1.29, 1.82) is 0 Å². The molecule has 1 unspecified atom stereocenters. The van der Waals surface area contributed by atoms with Crippen LogP contribution in [0.2, 0.25) is 0 Å². The first kappa shape index (κ1) is 13.3. The third-order valence-corrected chi connectivity index (χ3v) is 4.53. The largest absolute Gasteiger partial charge is 0.465 e. The third kappa shape index (κ3) is 2.24. The number of aryl methyl sites for hydroxylation is 1. The number of fused-ring (bicyclic) bond motifs is 1. The second-order valence-corrected chi connectivity index (χ2v) is 5.88. The van der Waals surface area contributed by atoms with Crippen molar-refractivity contribution in [1.82, 2.24) is 14.8 Å². The van der Waals surface area contributed by atoms with E-state index >= 15 is 0 Å². The maximum absolute atomic E-state index is 12.0. The molecule has 6 heteroatoms. The van der Waals surface area contributed by atoms with Crippen molar-refractivity contribution in [2.75, 3.05) is 6.61 Å². The lowest BCUT2D eigenvalue weighted by atomic mass is 9.99. The van der Waals surface area contributed by atoms with Crippen LogP contribution in [0.3, 0.4) is 0 Å². The quantitative estimate of drug-likeness (QED) is 0.816. The lowest BCUT2D eigenvalue weighted by molar-refractivity contribution is -0.145. The number of hydrogen-bond acceptors (Lipinski definition) is 5. The van der Waals surface area contributed by atoms with Crippen LogP contribution in [0.5, 0.6) is 0 Å². The van der Waals surface area contributed by atoms with E-state index in [9.17, 15) is 4.79 Å². The summed E-state index contributed by atoms with van der Waals surface area (Å²) in [5.41, 5.74) is 1.22. The molecule has 2 aromatic rings. The van der Waals surface area contributed by atoms with E-state index in [4.69, 9.17) is 4.74 Å². The Hall–Kier alpha value is -1.69. The van der Waals surface area contributed by atoms with Gasteiger partial charge in [0.2, 0.25) is 0 Å². The zero-order valence-corrected chi connectivity index (χ0v) is 12.4. The third-order valence-electron chi connectivity index (χ3n) is 3.49. The first-order valence-corrected chi connectivity index (χ1v) is 7.74. The fourth-order valence-electron chi connectivity index (χ4n) is 2.57. The van der Waals surface area contributed by atoms with E-state index < -0.39 is 0 Å². The second-order valence-electron chi connectivity index (χ2n) is 4.97. The van der Waals surface area contributed by atoms with Gasteiger partial charge in [0.25, 0.3) is 0 Å². The maximum Gasteiger partial charge on any atom is 0.316 e. The van der Waals surface area contributed by atoms with E-state index in [1.807, 2.05) is 6.92 Å². The Morgan fingerprint density at radius 2 is 2.40 bits per heavy atom. The summed E-state index contributed by atoms with van der Waals surface area (Å²) >= 11 is 1.66. The van der Waals surface area contributed by atoms with E-state index in [1.54, 1.807) is 11.3 Å². The predicted molar refractivity (Wildman–Crippen MR) is 76.7 cm³/mol. The number of carbonyl (C=O) groups excluding carboxylic acids is 1. The first-order chi connectivity index (χ1) is 9.70. The molecular weight excluding hydrogens is 274 g/mol. The minimum atomic E-state index is -0.272. The van der Waals surface area contributed by atoms with E-state index in [-0.39, 0.29) is 11.9 Å². The molecule has 5 nitrogen and oxygen atoms in total. The van der Waals surface area contributed by atoms with Crippen LogP contribution in [0.4, 0.5) is 0 Å². The van der Waals surface area contributed by atoms with Crippen LogP contribution >= 0.6 is 11.3 Å². The van der Waals surface area contributed by atoms with Gasteiger partial charge in [0.1, 0.15) is 11.7 Å². The molecule has 106 valence electrons. The molecule has 3 rings (SSSR count). The van der Waals surface area contributed by atoms with Crippen LogP contribution in [0, 0.1) is 6.92 Å². The summed E-state index contributed by atoms with van der Waals surface area (Å²) in [6, 6.07) is 2.11. The number of esters is 1. The van der Waals surface area contributed by atoms with E-state index in [2.05, 4.69) is 33.1 Å². The summed E-state index contributed by atoms with van der Waals surface area (Å²) in [5.74, 6) is 1.16. The summed E-state index contributed by atoms with van der Waals surface area (Å²) in [4.78, 5) is 13.1. The Bertz CT molecular complexity index is 632.